The van der Waals surface area contributed by atoms with Crippen LogP contribution < -0.4 is 18.3 Å². The summed E-state index contributed by atoms with van der Waals surface area (Å²) in [5.74, 6) is 0. The highest BCUT2D eigenvalue weighted by Crippen LogP contribution is 2.14. The van der Waals surface area contributed by atoms with Gasteiger partial charge in [-0.1, -0.05) is 54.6 Å². The van der Waals surface area contributed by atoms with Crippen molar-refractivity contribution in [3.8, 4) is 0 Å². The minimum absolute atomic E-state index is 1.28. The van der Waals surface area contributed by atoms with E-state index in [1.807, 2.05) is 25.4 Å². The highest BCUT2D eigenvalue weighted by atomic mass is 14.9. The maximum atomic E-state index is 2.20. The molecule has 222 valence electrons. The van der Waals surface area contributed by atoms with Gasteiger partial charge in [0.1, 0.15) is 28.2 Å². The number of benzene rings is 3. The van der Waals surface area contributed by atoms with Gasteiger partial charge in [-0.05, 0) is 35.0 Å². The van der Waals surface area contributed by atoms with Crippen LogP contribution in [0.4, 0.5) is 0 Å². The zero-order valence-electron chi connectivity index (χ0n) is 27.5. The highest BCUT2D eigenvalue weighted by Gasteiger charge is 2.06. The lowest BCUT2D eigenvalue weighted by Gasteiger charge is -1.98. The molecule has 44 heavy (non-hydrogen) atoms. The van der Waals surface area contributed by atoms with Crippen molar-refractivity contribution >= 4 is 32.4 Å². The molecule has 0 unspecified atom stereocenters. The van der Waals surface area contributed by atoms with Crippen molar-refractivity contribution in [2.45, 2.75) is 27.7 Å². The first kappa shape index (κ1) is 32.0. The van der Waals surface area contributed by atoms with E-state index >= 15 is 0 Å². The minimum Gasteiger partial charge on any atom is -0.205 e. The van der Waals surface area contributed by atoms with E-state index in [0.717, 1.165) is 0 Å². The van der Waals surface area contributed by atoms with E-state index in [1.165, 1.54) is 55.2 Å². The van der Waals surface area contributed by atoms with Gasteiger partial charge in [0.25, 0.3) is 0 Å². The zero-order chi connectivity index (χ0) is 31.6. The summed E-state index contributed by atoms with van der Waals surface area (Å²) >= 11 is 0. The van der Waals surface area contributed by atoms with Crippen molar-refractivity contribution in [2.24, 2.45) is 28.2 Å². The maximum Gasteiger partial charge on any atom is 0.212 e. The predicted molar refractivity (Wildman–Crippen MR) is 182 cm³/mol. The summed E-state index contributed by atoms with van der Waals surface area (Å²) in [4.78, 5) is 0. The van der Waals surface area contributed by atoms with Gasteiger partial charge >= 0.3 is 0 Å². The lowest BCUT2D eigenvalue weighted by Crippen LogP contribution is -2.32. The SMILES string of the molecule is Cc1c2ccccc2cc[n+]1C.Cc1cc2ccccc2c[n+]1C.Cc1ccc2ccccc2[n+]1C.Cc1cccc[n+]1C. The van der Waals surface area contributed by atoms with E-state index in [1.54, 1.807) is 0 Å². The number of aryl methyl sites for hydroxylation is 8. The first-order valence-electron chi connectivity index (χ1n) is 15.1. The molecule has 3 aromatic carbocycles. The Morgan fingerprint density at radius 1 is 0.409 bits per heavy atom. The van der Waals surface area contributed by atoms with Crippen molar-refractivity contribution < 1.29 is 18.3 Å². The smallest absolute Gasteiger partial charge is 0.205 e. The molecule has 0 aliphatic rings. The summed E-state index contributed by atoms with van der Waals surface area (Å²) in [6, 6.07) is 40.1. The van der Waals surface area contributed by atoms with E-state index < -0.39 is 0 Å². The third-order valence-corrected chi connectivity index (χ3v) is 8.25. The van der Waals surface area contributed by atoms with Gasteiger partial charge in [0.05, 0.1) is 0 Å². The van der Waals surface area contributed by atoms with E-state index in [0.29, 0.717) is 0 Å². The van der Waals surface area contributed by atoms with Crippen LogP contribution in [0.25, 0.3) is 32.4 Å². The molecule has 4 heterocycles. The van der Waals surface area contributed by atoms with Gasteiger partial charge in [-0.25, -0.2) is 13.7 Å². The molecule has 0 bridgehead atoms. The average Bonchev–Trinajstić information content (AvgIpc) is 3.04. The number of fused-ring (bicyclic) bond motifs is 3. The fraction of sp³-hybridized carbons (Fsp3) is 0.200. The molecular weight excluding hydrogens is 536 g/mol. The summed E-state index contributed by atoms with van der Waals surface area (Å²) in [5.41, 5.74) is 6.46. The molecule has 0 aliphatic carbocycles. The van der Waals surface area contributed by atoms with Crippen LogP contribution in [0.5, 0.6) is 0 Å². The van der Waals surface area contributed by atoms with Gasteiger partial charge in [0.2, 0.25) is 5.52 Å². The molecule has 4 heteroatoms. The summed E-state index contributed by atoms with van der Waals surface area (Å²) in [5, 5.41) is 6.56. The van der Waals surface area contributed by atoms with Gasteiger partial charge in [-0.15, -0.1) is 0 Å². The van der Waals surface area contributed by atoms with E-state index in [2.05, 4.69) is 183 Å². The van der Waals surface area contributed by atoms with E-state index in [9.17, 15) is 0 Å². The predicted octanol–water partition coefficient (Wildman–Crippen LogP) is 6.74. The van der Waals surface area contributed by atoms with Gasteiger partial charge < -0.3 is 0 Å². The molecule has 7 rings (SSSR count). The van der Waals surface area contributed by atoms with Gasteiger partial charge in [-0.2, -0.15) is 4.57 Å². The first-order chi connectivity index (χ1) is 21.2. The van der Waals surface area contributed by atoms with E-state index in [4.69, 9.17) is 0 Å². The van der Waals surface area contributed by atoms with Crippen molar-refractivity contribution in [3.05, 3.63) is 157 Å². The van der Waals surface area contributed by atoms with Crippen LogP contribution in [0.2, 0.25) is 0 Å². The molecular formula is C40H46N4+4. The monoisotopic (exact) mass is 582 g/mol. The molecule has 4 nitrogen and oxygen atoms in total. The van der Waals surface area contributed by atoms with Crippen LogP contribution >= 0.6 is 0 Å². The molecule has 0 fully saturated rings. The molecule has 4 aromatic heterocycles. The van der Waals surface area contributed by atoms with Crippen LogP contribution in [0.1, 0.15) is 22.8 Å². The van der Waals surface area contributed by atoms with Gasteiger partial charge in [-0.3, -0.25) is 0 Å². The topological polar surface area (TPSA) is 15.5 Å². The van der Waals surface area contributed by atoms with E-state index in [-0.39, 0.29) is 0 Å². The second kappa shape index (κ2) is 15.0. The summed E-state index contributed by atoms with van der Waals surface area (Å²) in [6.45, 7) is 8.46. The van der Waals surface area contributed by atoms with Gasteiger partial charge in [0, 0.05) is 80.3 Å². The van der Waals surface area contributed by atoms with Crippen molar-refractivity contribution in [1.82, 2.24) is 0 Å². The molecule has 0 N–H and O–H groups in total. The standard InChI is InChI=1S/3C11H12N.C7H10N/c1-9-7-10-5-3-4-6-11(10)8-12(9)2;1-9-11-6-4-3-5-10(11)7-8-12(9)2;1-9-7-8-10-5-3-4-6-11(10)12(9)2;1-7-5-3-4-6-8(7)2/h3*3-8H,1-2H3;3-6H,1-2H3/q4*+1. The number of pyridine rings is 4. The zero-order valence-corrected chi connectivity index (χ0v) is 27.5. The number of para-hydroxylation sites is 1. The Balaban J connectivity index is 0.000000135. The Hall–Kier alpha value is -4.96. The van der Waals surface area contributed by atoms with Crippen LogP contribution in [-0.2, 0) is 28.2 Å². The van der Waals surface area contributed by atoms with Crippen LogP contribution in [0.3, 0.4) is 0 Å². The number of rotatable bonds is 0. The third kappa shape index (κ3) is 8.11. The Morgan fingerprint density at radius 3 is 1.70 bits per heavy atom. The third-order valence-electron chi connectivity index (χ3n) is 8.25. The fourth-order valence-corrected chi connectivity index (χ4v) is 4.92. The van der Waals surface area contributed by atoms with Crippen molar-refractivity contribution in [3.63, 3.8) is 0 Å². The molecule has 0 atom stereocenters. The molecule has 0 saturated carbocycles. The largest absolute Gasteiger partial charge is 0.212 e. The maximum absolute atomic E-state index is 2.20. The molecule has 0 spiro atoms. The number of hydrogen-bond donors (Lipinski definition) is 0. The molecule has 0 amide bonds. The fourth-order valence-electron chi connectivity index (χ4n) is 4.92. The average molecular weight is 583 g/mol. The second-order valence-corrected chi connectivity index (χ2v) is 11.3. The Morgan fingerprint density at radius 2 is 1.02 bits per heavy atom. The lowest BCUT2D eigenvalue weighted by atomic mass is 10.1. The highest BCUT2D eigenvalue weighted by molar-refractivity contribution is 5.83. The van der Waals surface area contributed by atoms with Crippen LogP contribution in [-0.4, -0.2) is 0 Å². The minimum atomic E-state index is 1.28. The number of aromatic nitrogens is 4. The Bertz CT molecular complexity index is 1850. The quantitative estimate of drug-likeness (QED) is 0.176. The van der Waals surface area contributed by atoms with Crippen molar-refractivity contribution in [2.75, 3.05) is 0 Å². The normalized spacial score (nSPS) is 10.3. The van der Waals surface area contributed by atoms with Crippen LogP contribution in [0, 0.1) is 27.7 Å². The molecule has 0 radical (unpaired) electrons. The number of hydrogen-bond acceptors (Lipinski definition) is 0. The molecule has 7 aromatic rings. The summed E-state index contributed by atoms with van der Waals surface area (Å²) < 4.78 is 8.57. The molecule has 0 aliphatic heterocycles. The lowest BCUT2D eigenvalue weighted by molar-refractivity contribution is -0.677. The summed E-state index contributed by atoms with van der Waals surface area (Å²) in [6.07, 6.45) is 6.29. The van der Waals surface area contributed by atoms with Gasteiger partial charge in [0.15, 0.2) is 41.4 Å². The Labute approximate surface area is 262 Å². The number of nitrogens with zero attached hydrogens (tertiary/aromatic N) is 4. The Kier molecular flexibility index (Phi) is 10.9. The van der Waals surface area contributed by atoms with Crippen molar-refractivity contribution in [1.29, 1.82) is 0 Å². The second-order valence-electron chi connectivity index (χ2n) is 11.3. The van der Waals surface area contributed by atoms with Crippen LogP contribution in [0.15, 0.2) is 134 Å². The summed E-state index contributed by atoms with van der Waals surface area (Å²) in [7, 11) is 8.27. The molecule has 0 saturated heterocycles. The first-order valence-corrected chi connectivity index (χ1v) is 15.1.